The van der Waals surface area contributed by atoms with Crippen molar-refractivity contribution < 1.29 is 38.9 Å². The topological polar surface area (TPSA) is 163 Å². The zero-order valence-electron chi connectivity index (χ0n) is 23.9. The molecule has 3 N–H and O–H groups in total. The van der Waals surface area contributed by atoms with Crippen LogP contribution in [0.5, 0.6) is 0 Å². The van der Waals surface area contributed by atoms with Crippen molar-refractivity contribution in [2.75, 3.05) is 0 Å². The van der Waals surface area contributed by atoms with Gasteiger partial charge in [-0.25, -0.2) is 0 Å². The molecule has 0 bridgehead atoms. The van der Waals surface area contributed by atoms with E-state index in [0.29, 0.717) is 32.6 Å². The van der Waals surface area contributed by atoms with Gasteiger partial charge in [0.15, 0.2) is 0 Å². The van der Waals surface area contributed by atoms with E-state index in [9.17, 15) is 38.9 Å². The summed E-state index contributed by atoms with van der Waals surface area (Å²) in [6.07, 6.45) is 0. The van der Waals surface area contributed by atoms with Crippen LogP contribution in [0.3, 0.4) is 0 Å². The van der Waals surface area contributed by atoms with E-state index >= 15 is 0 Å². The van der Waals surface area contributed by atoms with Gasteiger partial charge in [-0.15, -0.1) is 0 Å². The van der Waals surface area contributed by atoms with Gasteiger partial charge in [-0.05, 0) is 117 Å². The molecule has 16 heteroatoms. The molecule has 0 heterocycles. The minimum absolute atomic E-state index is 0. The molecule has 0 amide bonds. The summed E-state index contributed by atoms with van der Waals surface area (Å²) >= 11 is 0. The van der Waals surface area contributed by atoms with Crippen molar-refractivity contribution in [3.8, 4) is 0 Å². The van der Waals surface area contributed by atoms with E-state index in [1.165, 1.54) is 39.0 Å². The van der Waals surface area contributed by atoms with Crippen LogP contribution < -0.4 is 15.9 Å². The predicted molar refractivity (Wildman–Crippen MR) is 160 cm³/mol. The van der Waals surface area contributed by atoms with Crippen LogP contribution in [0.1, 0.15) is 33.4 Å². The molecule has 0 saturated heterocycles. The Morgan fingerprint density at radius 2 is 0.625 bits per heavy atom. The van der Waals surface area contributed by atoms with E-state index < -0.39 is 38.3 Å². The normalized spacial score (nSPS) is 11.8. The smallest absolute Gasteiger partial charge is 0.282 e. The van der Waals surface area contributed by atoms with Gasteiger partial charge < -0.3 is 0 Å². The minimum atomic E-state index is -4.63. The van der Waals surface area contributed by atoms with Crippen molar-refractivity contribution >= 4 is 143 Å². The Morgan fingerprint density at radius 3 is 0.800 bits per heavy atom. The van der Waals surface area contributed by atoms with Gasteiger partial charge in [0.05, 0.1) is 14.7 Å². The van der Waals surface area contributed by atoms with E-state index in [-0.39, 0.29) is 120 Å². The van der Waals surface area contributed by atoms with Crippen LogP contribution >= 0.6 is 7.92 Å². The third kappa shape index (κ3) is 8.94. The van der Waals surface area contributed by atoms with Crippen LogP contribution in [0.2, 0.25) is 0 Å². The molecule has 40 heavy (non-hydrogen) atoms. The molecular weight excluding hydrogens is 628 g/mol. The molecule has 203 valence electrons. The average Bonchev–Trinajstić information content (AvgIpc) is 2.69. The molecule has 3 radical (unpaired) electrons. The second-order valence-electron chi connectivity index (χ2n) is 8.97. The zero-order valence-corrected chi connectivity index (χ0v) is 33.3. The molecular formula is C24H27Na3O9PS3. The molecule has 9 nitrogen and oxygen atoms in total. The second kappa shape index (κ2) is 14.7. The average molecular weight is 656 g/mol. The van der Waals surface area contributed by atoms with Gasteiger partial charge in [-0.3, -0.25) is 13.7 Å². The first-order valence-electron chi connectivity index (χ1n) is 10.8. The number of benzene rings is 3. The summed E-state index contributed by atoms with van der Waals surface area (Å²) in [5, 5.41) is 1.24. The molecule has 0 aliphatic carbocycles. The summed E-state index contributed by atoms with van der Waals surface area (Å²) in [6, 6.07) is 8.58. The van der Waals surface area contributed by atoms with E-state index in [2.05, 4.69) is 0 Å². The maximum Gasteiger partial charge on any atom is 0.294 e. The van der Waals surface area contributed by atoms with Gasteiger partial charge >= 0.3 is 0 Å². The fraction of sp³-hybridized carbons (Fsp3) is 0.250. The Balaban J connectivity index is 0.00000507. The van der Waals surface area contributed by atoms with Crippen molar-refractivity contribution in [2.24, 2.45) is 0 Å². The largest absolute Gasteiger partial charge is 0.294 e. The summed E-state index contributed by atoms with van der Waals surface area (Å²) in [7, 11) is -15.7. The summed E-state index contributed by atoms with van der Waals surface area (Å²) in [5.41, 5.74) is 2.69. The number of rotatable bonds is 6. The second-order valence-corrected chi connectivity index (χ2v) is 15.3. The molecule has 0 atom stereocenters. The van der Waals surface area contributed by atoms with Crippen molar-refractivity contribution in [3.63, 3.8) is 0 Å². The van der Waals surface area contributed by atoms with Gasteiger partial charge in [0.1, 0.15) is 0 Å². The van der Waals surface area contributed by atoms with Crippen LogP contribution in [0.15, 0.2) is 51.1 Å². The van der Waals surface area contributed by atoms with Gasteiger partial charge in [0.25, 0.3) is 30.4 Å². The van der Waals surface area contributed by atoms with E-state index in [4.69, 9.17) is 0 Å². The predicted octanol–water partition coefficient (Wildman–Crippen LogP) is 1.89. The minimum Gasteiger partial charge on any atom is -0.282 e. The molecule has 0 fully saturated rings. The van der Waals surface area contributed by atoms with Crippen LogP contribution in [0.25, 0.3) is 0 Å². The van der Waals surface area contributed by atoms with Crippen LogP contribution in [0.4, 0.5) is 0 Å². The molecule has 3 aromatic carbocycles. The van der Waals surface area contributed by atoms with Crippen LogP contribution in [0, 0.1) is 41.5 Å². The van der Waals surface area contributed by atoms with Crippen molar-refractivity contribution in [2.45, 2.75) is 56.2 Å². The summed E-state index contributed by atoms with van der Waals surface area (Å²) in [4.78, 5) is -1.04. The first-order valence-corrected chi connectivity index (χ1v) is 16.5. The maximum atomic E-state index is 12.1. The monoisotopic (exact) mass is 655 g/mol. The van der Waals surface area contributed by atoms with Crippen molar-refractivity contribution in [1.29, 1.82) is 0 Å². The fourth-order valence-corrected chi connectivity index (χ4v) is 9.68. The van der Waals surface area contributed by atoms with E-state index in [1.807, 2.05) is 0 Å². The van der Waals surface area contributed by atoms with Gasteiger partial charge in [-0.2, -0.15) is 25.3 Å². The molecule has 0 aromatic heterocycles. The first kappa shape index (κ1) is 40.8. The molecule has 0 saturated carbocycles. The molecule has 0 spiro atoms. The van der Waals surface area contributed by atoms with Crippen molar-refractivity contribution in [1.82, 2.24) is 0 Å². The quantitative estimate of drug-likeness (QED) is 0.205. The number of hydrogen-bond donors (Lipinski definition) is 3. The van der Waals surface area contributed by atoms with E-state index in [1.54, 1.807) is 39.0 Å². The Bertz CT molecular complexity index is 1570. The Kier molecular flexibility index (Phi) is 15.0. The first-order chi connectivity index (χ1) is 16.7. The molecule has 0 aliphatic heterocycles. The summed E-state index contributed by atoms with van der Waals surface area (Å²) < 4.78 is 102. The molecule has 3 aromatic rings. The number of hydrogen-bond acceptors (Lipinski definition) is 6. The summed E-state index contributed by atoms with van der Waals surface area (Å²) in [6.45, 7) is 9.69. The van der Waals surface area contributed by atoms with Crippen molar-refractivity contribution in [3.05, 3.63) is 69.8 Å². The molecule has 0 unspecified atom stereocenters. The maximum absolute atomic E-state index is 12.1. The van der Waals surface area contributed by atoms with E-state index in [0.717, 1.165) is 0 Å². The van der Waals surface area contributed by atoms with Crippen LogP contribution in [-0.2, 0) is 30.4 Å². The third-order valence-electron chi connectivity index (χ3n) is 6.04. The Morgan fingerprint density at radius 1 is 0.425 bits per heavy atom. The number of aryl methyl sites for hydroxylation is 6. The van der Waals surface area contributed by atoms with Gasteiger partial charge in [-0.1, -0.05) is 18.2 Å². The Labute approximate surface area is 303 Å². The summed E-state index contributed by atoms with van der Waals surface area (Å²) in [5.74, 6) is 0. The van der Waals surface area contributed by atoms with Gasteiger partial charge in [0, 0.05) is 88.7 Å². The standard InChI is InChI=1S/C24H27O9PS3.3Na/c1-13-7-16(4)22(35(25,26)27)10-19(13)34(20-11-23(36(28,29)30)17(5)8-14(20)2)21-12-24(37(31,32)33)18(6)9-15(21)3;;;/h7-12H,1-6H3,(H,25,26,27)(H,28,29,30)(H,31,32,33);;;. The Hall–Kier alpha value is 0.820. The molecule has 3 rings (SSSR count). The zero-order chi connectivity index (χ0) is 28.2. The third-order valence-corrected chi connectivity index (χ3v) is 11.9. The SMILES string of the molecule is Cc1cc(C)c(S(=O)(=O)O)cc1P(c1cc(S(=O)(=O)O)c(C)cc1C)c1cc(S(=O)(=O)O)c(C)cc1C.[Na].[Na].[Na]. The van der Waals surface area contributed by atoms with Gasteiger partial charge in [0.2, 0.25) is 0 Å². The molecule has 0 aliphatic rings. The van der Waals surface area contributed by atoms with Crippen LogP contribution in [-0.4, -0.2) is 128 Å². The fourth-order valence-electron chi connectivity index (χ4n) is 4.41.